The Morgan fingerprint density at radius 2 is 1.95 bits per heavy atom. The lowest BCUT2D eigenvalue weighted by Gasteiger charge is -2.30. The van der Waals surface area contributed by atoms with Gasteiger partial charge in [0.2, 0.25) is 0 Å². The van der Waals surface area contributed by atoms with E-state index in [2.05, 4.69) is 77.6 Å². The van der Waals surface area contributed by atoms with E-state index in [1.165, 1.54) is 46.1 Å². The van der Waals surface area contributed by atoms with Crippen molar-refractivity contribution >= 4 is 21.6 Å². The summed E-state index contributed by atoms with van der Waals surface area (Å²) in [7, 11) is 0. The first kappa shape index (κ1) is 15.6. The first-order chi connectivity index (χ1) is 10.6. The van der Waals surface area contributed by atoms with Crippen molar-refractivity contribution in [1.82, 2.24) is 0 Å². The molecule has 1 atom stereocenters. The number of benzene rings is 2. The zero-order valence-electron chi connectivity index (χ0n) is 13.4. The zero-order valence-corrected chi connectivity index (χ0v) is 15.0. The zero-order chi connectivity index (χ0) is 15.5. The predicted octanol–water partition coefficient (Wildman–Crippen LogP) is 5.93. The molecule has 116 valence electrons. The molecule has 0 saturated carbocycles. The van der Waals surface area contributed by atoms with Crippen LogP contribution in [0.3, 0.4) is 0 Å². The second-order valence-electron chi connectivity index (χ2n) is 6.59. The number of anilines is 1. The van der Waals surface area contributed by atoms with Crippen LogP contribution in [0.4, 0.5) is 5.69 Å². The first-order valence-corrected chi connectivity index (χ1v) is 9.05. The second kappa shape index (κ2) is 6.87. The van der Waals surface area contributed by atoms with Gasteiger partial charge in [-0.25, -0.2) is 0 Å². The van der Waals surface area contributed by atoms with Crippen LogP contribution in [0.5, 0.6) is 0 Å². The monoisotopic (exact) mass is 357 g/mol. The molecule has 22 heavy (non-hydrogen) atoms. The van der Waals surface area contributed by atoms with Crippen molar-refractivity contribution in [2.45, 2.75) is 51.5 Å². The largest absolute Gasteiger partial charge is 0.382 e. The summed E-state index contributed by atoms with van der Waals surface area (Å²) in [5.41, 5.74) is 5.74. The number of aryl methyl sites for hydroxylation is 2. The van der Waals surface area contributed by atoms with E-state index >= 15 is 0 Å². The van der Waals surface area contributed by atoms with Gasteiger partial charge in [0.05, 0.1) is 0 Å². The SMILES string of the molecule is CC(C)c1cc(Br)cc2c1NC(CCc1ccccc1)CC2. The summed E-state index contributed by atoms with van der Waals surface area (Å²) in [6.45, 7) is 4.55. The molecule has 1 aliphatic heterocycles. The number of hydrogen-bond donors (Lipinski definition) is 1. The van der Waals surface area contributed by atoms with E-state index < -0.39 is 0 Å². The minimum atomic E-state index is 0.548. The van der Waals surface area contributed by atoms with Gasteiger partial charge in [0.1, 0.15) is 0 Å². The van der Waals surface area contributed by atoms with Crippen molar-refractivity contribution in [1.29, 1.82) is 0 Å². The molecule has 0 saturated heterocycles. The van der Waals surface area contributed by atoms with Gasteiger partial charge in [-0.1, -0.05) is 60.1 Å². The average Bonchev–Trinajstić information content (AvgIpc) is 2.53. The number of nitrogens with one attached hydrogen (secondary N) is 1. The van der Waals surface area contributed by atoms with Gasteiger partial charge in [-0.3, -0.25) is 0 Å². The van der Waals surface area contributed by atoms with Crippen LogP contribution in [0.15, 0.2) is 46.9 Å². The van der Waals surface area contributed by atoms with Crippen molar-refractivity contribution in [2.24, 2.45) is 0 Å². The minimum absolute atomic E-state index is 0.548. The summed E-state index contributed by atoms with van der Waals surface area (Å²) in [5, 5.41) is 3.82. The molecule has 2 heteroatoms. The van der Waals surface area contributed by atoms with Crippen molar-refractivity contribution in [3.05, 3.63) is 63.6 Å². The highest BCUT2D eigenvalue weighted by atomic mass is 79.9. The molecule has 1 unspecified atom stereocenters. The third-order valence-electron chi connectivity index (χ3n) is 4.57. The van der Waals surface area contributed by atoms with Gasteiger partial charge in [0.15, 0.2) is 0 Å². The van der Waals surface area contributed by atoms with Gasteiger partial charge in [-0.05, 0) is 60.4 Å². The maximum atomic E-state index is 3.82. The molecule has 0 aromatic heterocycles. The van der Waals surface area contributed by atoms with Crippen molar-refractivity contribution in [2.75, 3.05) is 5.32 Å². The number of rotatable bonds is 4. The molecule has 3 rings (SSSR count). The molecule has 2 aromatic carbocycles. The molecular formula is C20H24BrN. The van der Waals surface area contributed by atoms with E-state index in [9.17, 15) is 0 Å². The van der Waals surface area contributed by atoms with Crippen LogP contribution >= 0.6 is 15.9 Å². The lowest BCUT2D eigenvalue weighted by Crippen LogP contribution is -2.27. The lowest BCUT2D eigenvalue weighted by atomic mass is 9.89. The maximum absolute atomic E-state index is 3.82. The average molecular weight is 358 g/mol. The second-order valence-corrected chi connectivity index (χ2v) is 7.50. The van der Waals surface area contributed by atoms with E-state index in [0.717, 1.165) is 6.42 Å². The van der Waals surface area contributed by atoms with E-state index in [1.54, 1.807) is 0 Å². The molecule has 1 heterocycles. The smallest absolute Gasteiger partial charge is 0.0410 e. The third-order valence-corrected chi connectivity index (χ3v) is 5.03. The molecule has 2 aromatic rings. The highest BCUT2D eigenvalue weighted by Gasteiger charge is 2.21. The van der Waals surface area contributed by atoms with Crippen LogP contribution in [0, 0.1) is 0 Å². The lowest BCUT2D eigenvalue weighted by molar-refractivity contribution is 0.584. The molecule has 0 fully saturated rings. The summed E-state index contributed by atoms with van der Waals surface area (Å²) in [6.07, 6.45) is 4.77. The number of halogens is 1. The van der Waals surface area contributed by atoms with Crippen molar-refractivity contribution < 1.29 is 0 Å². The summed E-state index contributed by atoms with van der Waals surface area (Å²) in [4.78, 5) is 0. The predicted molar refractivity (Wildman–Crippen MR) is 98.7 cm³/mol. The van der Waals surface area contributed by atoms with E-state index in [-0.39, 0.29) is 0 Å². The quantitative estimate of drug-likeness (QED) is 0.714. The van der Waals surface area contributed by atoms with Crippen molar-refractivity contribution in [3.8, 4) is 0 Å². The van der Waals surface area contributed by atoms with Crippen molar-refractivity contribution in [3.63, 3.8) is 0 Å². The fraction of sp³-hybridized carbons (Fsp3) is 0.400. The Hall–Kier alpha value is -1.28. The van der Waals surface area contributed by atoms with Gasteiger partial charge in [-0.2, -0.15) is 0 Å². The summed E-state index contributed by atoms with van der Waals surface area (Å²) in [5.74, 6) is 0.548. The van der Waals surface area contributed by atoms with Crippen LogP contribution in [-0.2, 0) is 12.8 Å². The van der Waals surface area contributed by atoms with Gasteiger partial charge in [0, 0.05) is 16.2 Å². The highest BCUT2D eigenvalue weighted by molar-refractivity contribution is 9.10. The van der Waals surface area contributed by atoms with Crippen LogP contribution in [0.25, 0.3) is 0 Å². The Morgan fingerprint density at radius 3 is 2.68 bits per heavy atom. The van der Waals surface area contributed by atoms with Gasteiger partial charge >= 0.3 is 0 Å². The maximum Gasteiger partial charge on any atom is 0.0410 e. The van der Waals surface area contributed by atoms with E-state index in [0.29, 0.717) is 12.0 Å². The first-order valence-electron chi connectivity index (χ1n) is 8.26. The summed E-state index contributed by atoms with van der Waals surface area (Å²) < 4.78 is 1.21. The fourth-order valence-electron chi connectivity index (χ4n) is 3.32. The molecule has 0 bridgehead atoms. The molecule has 0 spiro atoms. The molecule has 0 radical (unpaired) electrons. The van der Waals surface area contributed by atoms with Crippen LogP contribution in [-0.4, -0.2) is 6.04 Å². The number of hydrogen-bond acceptors (Lipinski definition) is 1. The van der Waals surface area contributed by atoms with Crippen LogP contribution in [0.1, 0.15) is 49.3 Å². The molecular weight excluding hydrogens is 334 g/mol. The fourth-order valence-corrected chi connectivity index (χ4v) is 3.85. The van der Waals surface area contributed by atoms with Crippen LogP contribution < -0.4 is 5.32 Å². The Kier molecular flexibility index (Phi) is 4.87. The Labute approximate surface area is 142 Å². The Morgan fingerprint density at radius 1 is 1.18 bits per heavy atom. The molecule has 1 N–H and O–H groups in total. The van der Waals surface area contributed by atoms with Gasteiger partial charge in [0.25, 0.3) is 0 Å². The minimum Gasteiger partial charge on any atom is -0.382 e. The molecule has 1 aliphatic rings. The molecule has 0 amide bonds. The summed E-state index contributed by atoms with van der Waals surface area (Å²) >= 11 is 3.66. The van der Waals surface area contributed by atoms with E-state index in [4.69, 9.17) is 0 Å². The third kappa shape index (κ3) is 3.55. The standard InChI is InChI=1S/C20H24BrN/c1-14(2)19-13-17(21)12-16-9-11-18(22-20(16)19)10-8-15-6-4-3-5-7-15/h3-7,12-14,18,22H,8-11H2,1-2H3. The van der Waals surface area contributed by atoms with Gasteiger partial charge in [-0.15, -0.1) is 0 Å². The molecule has 0 aliphatic carbocycles. The summed E-state index contributed by atoms with van der Waals surface area (Å²) in [6, 6.07) is 16.0. The Balaban J connectivity index is 1.73. The number of fused-ring (bicyclic) bond motifs is 1. The van der Waals surface area contributed by atoms with Gasteiger partial charge < -0.3 is 5.32 Å². The normalized spacial score (nSPS) is 17.2. The topological polar surface area (TPSA) is 12.0 Å². The Bertz CT molecular complexity index is 634. The highest BCUT2D eigenvalue weighted by Crippen LogP contribution is 2.36. The van der Waals surface area contributed by atoms with Crippen LogP contribution in [0.2, 0.25) is 0 Å². The van der Waals surface area contributed by atoms with E-state index in [1.807, 2.05) is 0 Å². The molecule has 1 nitrogen and oxygen atoms in total.